The molecule has 0 aliphatic rings. The van der Waals surface area contributed by atoms with Gasteiger partial charge in [-0.15, -0.1) is 0 Å². The van der Waals surface area contributed by atoms with Gasteiger partial charge in [0.1, 0.15) is 0 Å². The van der Waals surface area contributed by atoms with Gasteiger partial charge in [0.2, 0.25) is 0 Å². The van der Waals surface area contributed by atoms with E-state index in [4.69, 9.17) is 0 Å². The first-order valence-electron chi connectivity index (χ1n) is 7.98. The number of allylic oxidation sites excluding steroid dienone is 8. The zero-order valence-electron chi connectivity index (χ0n) is 13.6. The molecule has 0 aromatic heterocycles. The lowest BCUT2D eigenvalue weighted by atomic mass is 10.2. The van der Waals surface area contributed by atoms with Crippen molar-refractivity contribution >= 4 is 5.97 Å². The van der Waals surface area contributed by atoms with Crippen molar-refractivity contribution in [2.75, 3.05) is 7.11 Å². The molecule has 0 N–H and O–H groups in total. The first kappa shape index (κ1) is 19.4. The lowest BCUT2D eigenvalue weighted by Crippen LogP contribution is -1.98. The van der Waals surface area contributed by atoms with Gasteiger partial charge in [-0.1, -0.05) is 62.0 Å². The molecule has 0 radical (unpaired) electrons. The van der Waals surface area contributed by atoms with E-state index in [1.165, 1.54) is 20.0 Å². The topological polar surface area (TPSA) is 26.3 Å². The fourth-order valence-electron chi connectivity index (χ4n) is 1.68. The second-order valence-corrected chi connectivity index (χ2v) is 4.85. The molecule has 0 atom stereocenters. The molecule has 2 heteroatoms. The van der Waals surface area contributed by atoms with E-state index in [2.05, 4.69) is 60.3 Å². The number of methoxy groups -OCH3 is 1. The van der Waals surface area contributed by atoms with Gasteiger partial charge in [-0.05, 0) is 38.5 Å². The minimum atomic E-state index is -0.125. The molecular weight excluding hydrogens is 260 g/mol. The van der Waals surface area contributed by atoms with Gasteiger partial charge < -0.3 is 4.74 Å². The van der Waals surface area contributed by atoms with E-state index in [1.54, 1.807) is 0 Å². The largest absolute Gasteiger partial charge is 0.469 e. The second kappa shape index (κ2) is 16.5. The molecule has 0 aliphatic carbocycles. The molecule has 0 fully saturated rings. The molecule has 0 rings (SSSR count). The number of carbonyl (C=O) groups excluding carboxylic acids is 1. The number of ether oxygens (including phenoxy) is 1. The van der Waals surface area contributed by atoms with Crippen LogP contribution in [-0.2, 0) is 9.53 Å². The average molecular weight is 290 g/mol. The summed E-state index contributed by atoms with van der Waals surface area (Å²) >= 11 is 0. The number of hydrogen-bond donors (Lipinski definition) is 0. The van der Waals surface area contributed by atoms with E-state index in [0.717, 1.165) is 32.1 Å². The molecule has 0 aliphatic heterocycles. The Morgan fingerprint density at radius 2 is 1.29 bits per heavy atom. The highest BCUT2D eigenvalue weighted by Crippen LogP contribution is 2.00. The highest BCUT2D eigenvalue weighted by Gasteiger charge is 1.96. The molecule has 0 aromatic rings. The first-order valence-corrected chi connectivity index (χ1v) is 7.98. The molecule has 0 saturated carbocycles. The number of rotatable bonds is 12. The number of carbonyl (C=O) groups is 1. The summed E-state index contributed by atoms with van der Waals surface area (Å²) < 4.78 is 4.58. The van der Waals surface area contributed by atoms with Crippen LogP contribution in [-0.4, -0.2) is 13.1 Å². The predicted octanol–water partition coefficient (Wildman–Crippen LogP) is 5.52. The minimum Gasteiger partial charge on any atom is -0.469 e. The Balaban J connectivity index is 3.43. The lowest BCUT2D eigenvalue weighted by Gasteiger charge is -1.95. The average Bonchev–Trinajstić information content (AvgIpc) is 2.50. The van der Waals surface area contributed by atoms with Crippen LogP contribution in [0, 0.1) is 0 Å². The summed E-state index contributed by atoms with van der Waals surface area (Å²) in [5.74, 6) is -0.125. The van der Waals surface area contributed by atoms with Gasteiger partial charge in [0.05, 0.1) is 7.11 Å². The van der Waals surface area contributed by atoms with Crippen LogP contribution < -0.4 is 0 Å². The number of esters is 1. The van der Waals surface area contributed by atoms with Crippen molar-refractivity contribution in [3.8, 4) is 0 Å². The summed E-state index contributed by atoms with van der Waals surface area (Å²) in [5, 5.41) is 0. The van der Waals surface area contributed by atoms with Crippen LogP contribution in [0.1, 0.15) is 58.3 Å². The third-order valence-electron chi connectivity index (χ3n) is 2.92. The normalized spacial score (nSPS) is 12.3. The third kappa shape index (κ3) is 16.4. The van der Waals surface area contributed by atoms with Crippen LogP contribution in [0.25, 0.3) is 0 Å². The Bertz CT molecular complexity index is 349. The summed E-state index contributed by atoms with van der Waals surface area (Å²) in [6.45, 7) is 2.19. The standard InChI is InChI=1S/C19H30O2/c1-3-4-5-6-7-8-9-10-11-12-13-14-15-16-17-18-19(20)21-2/h5-6,8-9,11-12,14-15H,3-4,7,10,13,16-18H2,1-2H3/b6-5+,9-8+,12-11+,15-14+. The third-order valence-corrected chi connectivity index (χ3v) is 2.92. The van der Waals surface area contributed by atoms with Crippen LogP contribution in [0.5, 0.6) is 0 Å². The zero-order chi connectivity index (χ0) is 15.6. The Kier molecular flexibility index (Phi) is 15.3. The summed E-state index contributed by atoms with van der Waals surface area (Å²) in [6, 6.07) is 0. The van der Waals surface area contributed by atoms with E-state index in [1.807, 2.05) is 0 Å². The van der Waals surface area contributed by atoms with Crippen LogP contribution >= 0.6 is 0 Å². The van der Waals surface area contributed by atoms with Crippen LogP contribution in [0.4, 0.5) is 0 Å². The summed E-state index contributed by atoms with van der Waals surface area (Å²) in [7, 11) is 1.43. The Labute approximate surface area is 130 Å². The van der Waals surface area contributed by atoms with Crippen molar-refractivity contribution in [1.82, 2.24) is 0 Å². The Morgan fingerprint density at radius 3 is 1.76 bits per heavy atom. The highest BCUT2D eigenvalue weighted by molar-refractivity contribution is 5.68. The smallest absolute Gasteiger partial charge is 0.305 e. The quantitative estimate of drug-likeness (QED) is 0.268. The van der Waals surface area contributed by atoms with E-state index in [0.29, 0.717) is 6.42 Å². The van der Waals surface area contributed by atoms with Crippen molar-refractivity contribution in [2.24, 2.45) is 0 Å². The van der Waals surface area contributed by atoms with Crippen molar-refractivity contribution in [3.63, 3.8) is 0 Å². The Morgan fingerprint density at radius 1 is 0.810 bits per heavy atom. The molecule has 0 aromatic carbocycles. The maximum atomic E-state index is 10.9. The van der Waals surface area contributed by atoms with Crippen LogP contribution in [0.3, 0.4) is 0 Å². The number of unbranched alkanes of at least 4 members (excludes halogenated alkanes) is 2. The molecule has 2 nitrogen and oxygen atoms in total. The fourth-order valence-corrected chi connectivity index (χ4v) is 1.68. The molecule has 21 heavy (non-hydrogen) atoms. The van der Waals surface area contributed by atoms with Crippen molar-refractivity contribution in [3.05, 3.63) is 48.6 Å². The summed E-state index contributed by atoms with van der Waals surface area (Å²) in [4.78, 5) is 10.9. The van der Waals surface area contributed by atoms with Gasteiger partial charge in [-0.25, -0.2) is 0 Å². The zero-order valence-corrected chi connectivity index (χ0v) is 13.6. The van der Waals surface area contributed by atoms with Gasteiger partial charge in [-0.2, -0.15) is 0 Å². The second-order valence-electron chi connectivity index (χ2n) is 4.85. The highest BCUT2D eigenvalue weighted by atomic mass is 16.5. The van der Waals surface area contributed by atoms with Crippen molar-refractivity contribution in [2.45, 2.75) is 58.3 Å². The van der Waals surface area contributed by atoms with Crippen molar-refractivity contribution < 1.29 is 9.53 Å². The first-order chi connectivity index (χ1) is 10.3. The van der Waals surface area contributed by atoms with Crippen molar-refractivity contribution in [1.29, 1.82) is 0 Å². The summed E-state index contributed by atoms with van der Waals surface area (Å²) in [5.41, 5.74) is 0. The van der Waals surface area contributed by atoms with Gasteiger partial charge in [0.15, 0.2) is 0 Å². The fraction of sp³-hybridized carbons (Fsp3) is 0.526. The van der Waals surface area contributed by atoms with Gasteiger partial charge in [0.25, 0.3) is 0 Å². The molecular formula is C19H30O2. The summed E-state index contributed by atoms with van der Waals surface area (Å²) in [6.07, 6.45) is 25.2. The van der Waals surface area contributed by atoms with Gasteiger partial charge >= 0.3 is 5.97 Å². The maximum Gasteiger partial charge on any atom is 0.305 e. The Hall–Kier alpha value is -1.57. The lowest BCUT2D eigenvalue weighted by molar-refractivity contribution is -0.140. The molecule has 0 heterocycles. The van der Waals surface area contributed by atoms with E-state index < -0.39 is 0 Å². The predicted molar refractivity (Wildman–Crippen MR) is 91.2 cm³/mol. The molecule has 0 amide bonds. The molecule has 0 spiro atoms. The molecule has 0 bridgehead atoms. The monoisotopic (exact) mass is 290 g/mol. The molecule has 0 saturated heterocycles. The van der Waals surface area contributed by atoms with Crippen LogP contribution in [0.15, 0.2) is 48.6 Å². The number of hydrogen-bond acceptors (Lipinski definition) is 2. The molecule has 0 unspecified atom stereocenters. The van der Waals surface area contributed by atoms with E-state index >= 15 is 0 Å². The SMILES string of the molecule is CCC/C=C/C/C=C/C/C=C/C/C=C/CCCC(=O)OC. The molecule has 118 valence electrons. The maximum absolute atomic E-state index is 10.9. The minimum absolute atomic E-state index is 0.125. The van der Waals surface area contributed by atoms with Crippen LogP contribution in [0.2, 0.25) is 0 Å². The van der Waals surface area contributed by atoms with Gasteiger partial charge in [0, 0.05) is 6.42 Å². The van der Waals surface area contributed by atoms with E-state index in [9.17, 15) is 4.79 Å². The van der Waals surface area contributed by atoms with Gasteiger partial charge in [-0.3, -0.25) is 4.79 Å². The van der Waals surface area contributed by atoms with E-state index in [-0.39, 0.29) is 5.97 Å².